The molecule has 0 bridgehead atoms. The van der Waals surface area contributed by atoms with Crippen molar-refractivity contribution in [2.45, 2.75) is 16.3 Å². The van der Waals surface area contributed by atoms with E-state index in [1.807, 2.05) is 54.6 Å². The molecule has 1 amide bonds. The molecule has 0 aliphatic carbocycles. The third-order valence-electron chi connectivity index (χ3n) is 5.39. The average Bonchev–Trinajstić information content (AvgIpc) is 3.00. The summed E-state index contributed by atoms with van der Waals surface area (Å²) >= 11 is 19.9. The first-order valence-electron chi connectivity index (χ1n) is 10.5. The summed E-state index contributed by atoms with van der Waals surface area (Å²) in [5.41, 5.74) is 4.89. The van der Waals surface area contributed by atoms with Crippen molar-refractivity contribution < 1.29 is 4.79 Å². The van der Waals surface area contributed by atoms with Crippen LogP contribution in [0.1, 0.15) is 27.0 Å². The van der Waals surface area contributed by atoms with Gasteiger partial charge in [-0.2, -0.15) is 0 Å². The Bertz CT molecular complexity index is 1430. The molecule has 1 heterocycles. The number of hydrogen-bond donors (Lipinski definition) is 1. The molecule has 4 aromatic carbocycles. The summed E-state index contributed by atoms with van der Waals surface area (Å²) in [6, 6.07) is 26.6. The van der Waals surface area contributed by atoms with Gasteiger partial charge in [0.1, 0.15) is 0 Å². The molecule has 0 unspecified atom stereocenters. The summed E-state index contributed by atoms with van der Waals surface area (Å²) in [6.45, 7) is 0.297. The minimum Gasteiger partial charge on any atom is -0.348 e. The molecule has 0 aromatic heterocycles. The summed E-state index contributed by atoms with van der Waals surface area (Å²) in [5.74, 6) is -0.205. The Balaban J connectivity index is 1.48. The van der Waals surface area contributed by atoms with Gasteiger partial charge in [-0.25, -0.2) is 4.99 Å². The second kappa shape index (κ2) is 9.85. The fraction of sp³-hybridized carbons (Fsp3) is 0.0370. The number of nitrogens with zero attached hydrogens (tertiary/aromatic N) is 1. The number of benzene rings is 4. The predicted molar refractivity (Wildman–Crippen MR) is 141 cm³/mol. The van der Waals surface area contributed by atoms with Crippen LogP contribution in [-0.2, 0) is 6.54 Å². The number of rotatable bonds is 4. The summed E-state index contributed by atoms with van der Waals surface area (Å²) in [7, 11) is 0. The summed E-state index contributed by atoms with van der Waals surface area (Å²) in [6.07, 6.45) is 0. The fourth-order valence-electron chi connectivity index (χ4n) is 3.65. The first-order valence-corrected chi connectivity index (χ1v) is 12.4. The van der Waals surface area contributed by atoms with E-state index in [4.69, 9.17) is 39.8 Å². The van der Waals surface area contributed by atoms with Crippen LogP contribution in [-0.4, -0.2) is 11.6 Å². The molecule has 5 rings (SSSR count). The zero-order chi connectivity index (χ0) is 23.7. The van der Waals surface area contributed by atoms with E-state index in [2.05, 4.69) is 17.4 Å². The van der Waals surface area contributed by atoms with Gasteiger partial charge in [-0.05, 0) is 54.1 Å². The maximum absolute atomic E-state index is 12.9. The standard InChI is InChI=1S/C27H17Cl3N2OS/c28-19-9-5-16(6-10-19)26-21-3-1-2-4-24(21)34-25-12-8-17(13-23(25)32-26)27(33)31-15-18-7-11-20(29)14-22(18)30/h1-14H,15H2,(H,31,33). The molecule has 0 fully saturated rings. The first kappa shape index (κ1) is 23.0. The van der Waals surface area contributed by atoms with Gasteiger partial charge in [0.25, 0.3) is 5.91 Å². The molecule has 7 heteroatoms. The molecule has 1 N–H and O–H groups in total. The van der Waals surface area contributed by atoms with Gasteiger partial charge in [-0.15, -0.1) is 0 Å². The molecule has 34 heavy (non-hydrogen) atoms. The van der Waals surface area contributed by atoms with Gasteiger partial charge in [-0.3, -0.25) is 4.79 Å². The predicted octanol–water partition coefficient (Wildman–Crippen LogP) is 8.21. The minimum absolute atomic E-state index is 0.205. The molecule has 0 saturated carbocycles. The van der Waals surface area contributed by atoms with Crippen LogP contribution in [0.4, 0.5) is 5.69 Å². The number of fused-ring (bicyclic) bond motifs is 2. The highest BCUT2D eigenvalue weighted by Crippen LogP contribution is 2.41. The van der Waals surface area contributed by atoms with E-state index in [9.17, 15) is 4.79 Å². The lowest BCUT2D eigenvalue weighted by atomic mass is 10.0. The van der Waals surface area contributed by atoms with E-state index in [-0.39, 0.29) is 5.91 Å². The Hall–Kier alpha value is -2.76. The SMILES string of the molecule is O=C(NCc1ccc(Cl)cc1Cl)c1ccc2c(c1)N=C(c1ccc(Cl)cc1)c1ccccc1S2. The zero-order valence-corrected chi connectivity index (χ0v) is 20.8. The van der Waals surface area contributed by atoms with Crippen molar-refractivity contribution in [2.75, 3.05) is 0 Å². The largest absolute Gasteiger partial charge is 0.348 e. The third kappa shape index (κ3) is 4.86. The molecular weight excluding hydrogens is 507 g/mol. The van der Waals surface area contributed by atoms with Crippen molar-refractivity contribution in [3.8, 4) is 0 Å². The monoisotopic (exact) mass is 522 g/mol. The van der Waals surface area contributed by atoms with Crippen LogP contribution >= 0.6 is 46.6 Å². The number of halogens is 3. The number of hydrogen-bond acceptors (Lipinski definition) is 3. The Kier molecular flexibility index (Phi) is 6.66. The van der Waals surface area contributed by atoms with E-state index in [1.165, 1.54) is 0 Å². The number of amides is 1. The molecule has 1 aliphatic heterocycles. The number of aliphatic imine (C=N–C) groups is 1. The maximum Gasteiger partial charge on any atom is 0.251 e. The quantitative estimate of drug-likeness (QED) is 0.258. The highest BCUT2D eigenvalue weighted by molar-refractivity contribution is 7.99. The summed E-state index contributed by atoms with van der Waals surface area (Å²) in [5, 5.41) is 4.66. The van der Waals surface area contributed by atoms with Crippen molar-refractivity contribution >= 4 is 63.9 Å². The van der Waals surface area contributed by atoms with Crippen LogP contribution in [0.3, 0.4) is 0 Å². The molecule has 1 aliphatic rings. The topological polar surface area (TPSA) is 41.5 Å². The van der Waals surface area contributed by atoms with Gasteiger partial charge in [-0.1, -0.05) is 83.0 Å². The van der Waals surface area contributed by atoms with Crippen LogP contribution in [0, 0.1) is 0 Å². The molecule has 4 aromatic rings. The fourth-order valence-corrected chi connectivity index (χ4v) is 5.26. The first-order chi connectivity index (χ1) is 16.5. The van der Waals surface area contributed by atoms with E-state index in [0.717, 1.165) is 37.9 Å². The van der Waals surface area contributed by atoms with E-state index < -0.39 is 0 Å². The average molecular weight is 524 g/mol. The Morgan fingerprint density at radius 3 is 2.38 bits per heavy atom. The maximum atomic E-state index is 12.9. The second-order valence-corrected chi connectivity index (χ2v) is 10.0. The second-order valence-electron chi connectivity index (χ2n) is 7.67. The molecule has 0 saturated heterocycles. The normalized spacial score (nSPS) is 12.3. The van der Waals surface area contributed by atoms with Crippen LogP contribution in [0.5, 0.6) is 0 Å². The smallest absolute Gasteiger partial charge is 0.251 e. The summed E-state index contributed by atoms with van der Waals surface area (Å²) in [4.78, 5) is 20.0. The lowest BCUT2D eigenvalue weighted by molar-refractivity contribution is 0.0951. The lowest BCUT2D eigenvalue weighted by Gasteiger charge is -2.09. The van der Waals surface area contributed by atoms with Gasteiger partial charge < -0.3 is 5.32 Å². The third-order valence-corrected chi connectivity index (χ3v) is 7.37. The van der Waals surface area contributed by atoms with Gasteiger partial charge in [0.15, 0.2) is 0 Å². The van der Waals surface area contributed by atoms with Crippen LogP contribution in [0.2, 0.25) is 15.1 Å². The van der Waals surface area contributed by atoms with E-state index in [1.54, 1.807) is 30.0 Å². The molecule has 168 valence electrons. The zero-order valence-electron chi connectivity index (χ0n) is 17.7. The molecule has 3 nitrogen and oxygen atoms in total. The summed E-state index contributed by atoms with van der Waals surface area (Å²) < 4.78 is 0. The van der Waals surface area contributed by atoms with Gasteiger partial charge in [0.05, 0.1) is 11.4 Å². The van der Waals surface area contributed by atoms with Crippen LogP contribution < -0.4 is 5.32 Å². The van der Waals surface area contributed by atoms with Gasteiger partial charge in [0.2, 0.25) is 0 Å². The van der Waals surface area contributed by atoms with Gasteiger partial charge >= 0.3 is 0 Å². The van der Waals surface area contributed by atoms with E-state index >= 15 is 0 Å². The Morgan fingerprint density at radius 2 is 1.59 bits per heavy atom. The lowest BCUT2D eigenvalue weighted by Crippen LogP contribution is -2.22. The van der Waals surface area contributed by atoms with Crippen molar-refractivity contribution in [1.29, 1.82) is 0 Å². The molecule has 0 atom stereocenters. The van der Waals surface area contributed by atoms with Crippen molar-refractivity contribution in [2.24, 2.45) is 4.99 Å². The van der Waals surface area contributed by atoms with Crippen LogP contribution in [0.25, 0.3) is 0 Å². The van der Waals surface area contributed by atoms with Crippen molar-refractivity contribution in [3.63, 3.8) is 0 Å². The molecular formula is C27H17Cl3N2OS. The van der Waals surface area contributed by atoms with Gasteiger partial charge in [0, 0.05) is 48.1 Å². The highest BCUT2D eigenvalue weighted by atomic mass is 35.5. The molecule has 0 radical (unpaired) electrons. The van der Waals surface area contributed by atoms with Crippen LogP contribution in [0.15, 0.2) is 99.7 Å². The number of nitrogens with one attached hydrogen (secondary N) is 1. The minimum atomic E-state index is -0.205. The van der Waals surface area contributed by atoms with E-state index in [0.29, 0.717) is 27.2 Å². The van der Waals surface area contributed by atoms with Crippen molar-refractivity contribution in [3.05, 3.63) is 122 Å². The molecule has 0 spiro atoms. The Morgan fingerprint density at radius 1 is 0.824 bits per heavy atom. The Labute approximate surface area is 216 Å². The van der Waals surface area contributed by atoms with Crippen molar-refractivity contribution in [1.82, 2.24) is 5.32 Å². The highest BCUT2D eigenvalue weighted by Gasteiger charge is 2.20. The number of carbonyl (C=O) groups is 1. The number of carbonyl (C=O) groups excluding carboxylic acids is 1.